The average molecular weight is 233 g/mol. The lowest BCUT2D eigenvalue weighted by atomic mass is 9.99. The van der Waals surface area contributed by atoms with E-state index in [2.05, 4.69) is 0 Å². The molecule has 88 valence electrons. The van der Waals surface area contributed by atoms with Gasteiger partial charge in [-0.1, -0.05) is 6.07 Å². The molecular weight excluding hydrogens is 223 g/mol. The van der Waals surface area contributed by atoms with Gasteiger partial charge in [0.15, 0.2) is 0 Å². The third-order valence-corrected chi connectivity index (χ3v) is 2.20. The van der Waals surface area contributed by atoms with Crippen molar-refractivity contribution in [2.75, 3.05) is 0 Å². The molecule has 3 nitrogen and oxygen atoms in total. The number of carboxylic acid groups (broad SMARTS) is 1. The molecule has 0 unspecified atom stereocenters. The minimum absolute atomic E-state index is 0.181. The maximum Gasteiger partial charge on any atom is 0.416 e. The van der Waals surface area contributed by atoms with E-state index < -0.39 is 23.8 Å². The molecule has 1 aromatic rings. The fourth-order valence-corrected chi connectivity index (χ4v) is 1.33. The van der Waals surface area contributed by atoms with Crippen LogP contribution in [0.5, 0.6) is 0 Å². The molecule has 0 fully saturated rings. The van der Waals surface area contributed by atoms with Gasteiger partial charge in [-0.3, -0.25) is 4.79 Å². The summed E-state index contributed by atoms with van der Waals surface area (Å²) in [6, 6.07) is 1.50. The van der Waals surface area contributed by atoms with Crippen LogP contribution in [0, 0.1) is 6.92 Å². The second-order valence-electron chi connectivity index (χ2n) is 3.39. The highest BCUT2D eigenvalue weighted by Gasteiger charge is 2.31. The van der Waals surface area contributed by atoms with Crippen LogP contribution in [0.15, 0.2) is 18.2 Å². The summed E-state index contributed by atoms with van der Waals surface area (Å²) in [6.45, 7) is 1.40. The molecule has 0 aliphatic rings. The van der Waals surface area contributed by atoms with Gasteiger partial charge >= 0.3 is 12.1 Å². The average Bonchev–Trinajstić information content (AvgIpc) is 2.15. The molecule has 1 atom stereocenters. The number of aryl methyl sites for hydroxylation is 1. The molecule has 1 aromatic carbocycles. The third-order valence-electron chi connectivity index (χ3n) is 2.20. The number of hydrogen-bond donors (Lipinski definition) is 2. The summed E-state index contributed by atoms with van der Waals surface area (Å²) < 4.78 is 36.9. The van der Waals surface area contributed by atoms with E-state index in [-0.39, 0.29) is 11.1 Å². The molecule has 16 heavy (non-hydrogen) atoms. The maximum atomic E-state index is 12.3. The summed E-state index contributed by atoms with van der Waals surface area (Å²) >= 11 is 0. The van der Waals surface area contributed by atoms with E-state index in [0.29, 0.717) is 0 Å². The molecule has 0 aliphatic carbocycles. The van der Waals surface area contributed by atoms with Crippen LogP contribution in [0.25, 0.3) is 0 Å². The third kappa shape index (κ3) is 2.52. The number of rotatable bonds is 2. The van der Waals surface area contributed by atoms with E-state index in [1.54, 1.807) is 0 Å². The summed E-state index contributed by atoms with van der Waals surface area (Å²) in [5, 5.41) is 8.64. The molecule has 6 heteroatoms. The molecular formula is C10H10F3NO2. The molecule has 0 amide bonds. The van der Waals surface area contributed by atoms with Gasteiger partial charge in [-0.25, -0.2) is 0 Å². The lowest BCUT2D eigenvalue weighted by molar-refractivity contribution is -0.138. The number of hydrogen-bond acceptors (Lipinski definition) is 2. The summed E-state index contributed by atoms with van der Waals surface area (Å²) in [5.74, 6) is -1.28. The molecule has 0 heterocycles. The van der Waals surface area contributed by atoms with E-state index in [1.165, 1.54) is 6.92 Å². The number of benzene rings is 1. The van der Waals surface area contributed by atoms with Gasteiger partial charge in [0.25, 0.3) is 0 Å². The highest BCUT2D eigenvalue weighted by Crippen LogP contribution is 2.31. The first-order chi connectivity index (χ1) is 7.23. The van der Waals surface area contributed by atoms with Crippen molar-refractivity contribution in [1.82, 2.24) is 0 Å². The molecule has 3 N–H and O–H groups in total. The number of carboxylic acids is 1. The molecule has 0 radical (unpaired) electrons. The first kappa shape index (κ1) is 12.5. The summed E-state index contributed by atoms with van der Waals surface area (Å²) in [7, 11) is 0. The van der Waals surface area contributed by atoms with Gasteiger partial charge in [0.05, 0.1) is 5.56 Å². The zero-order valence-corrected chi connectivity index (χ0v) is 8.38. The summed E-state index contributed by atoms with van der Waals surface area (Å²) in [6.07, 6.45) is -4.43. The lowest BCUT2D eigenvalue weighted by Crippen LogP contribution is -2.22. The van der Waals surface area contributed by atoms with Crippen molar-refractivity contribution in [3.63, 3.8) is 0 Å². The first-order valence-corrected chi connectivity index (χ1v) is 4.39. The Kier molecular flexibility index (Phi) is 3.23. The first-order valence-electron chi connectivity index (χ1n) is 4.39. The van der Waals surface area contributed by atoms with Crippen molar-refractivity contribution in [3.8, 4) is 0 Å². The van der Waals surface area contributed by atoms with Crippen LogP contribution in [-0.4, -0.2) is 11.1 Å². The van der Waals surface area contributed by atoms with Gasteiger partial charge in [-0.15, -0.1) is 0 Å². The van der Waals surface area contributed by atoms with Crippen molar-refractivity contribution < 1.29 is 23.1 Å². The van der Waals surface area contributed by atoms with Crippen LogP contribution in [-0.2, 0) is 11.0 Å². The number of alkyl halides is 3. The molecule has 0 aliphatic heterocycles. The molecule has 0 bridgehead atoms. The van der Waals surface area contributed by atoms with E-state index in [4.69, 9.17) is 10.8 Å². The van der Waals surface area contributed by atoms with Crippen molar-refractivity contribution in [3.05, 3.63) is 34.9 Å². The Morgan fingerprint density at radius 1 is 1.44 bits per heavy atom. The van der Waals surface area contributed by atoms with E-state index in [1.807, 2.05) is 0 Å². The van der Waals surface area contributed by atoms with Crippen molar-refractivity contribution in [2.24, 2.45) is 5.73 Å². The quantitative estimate of drug-likeness (QED) is 0.822. The number of nitrogens with two attached hydrogens (primary N) is 1. The summed E-state index contributed by atoms with van der Waals surface area (Å²) in [5.41, 5.74) is 4.90. The minimum atomic E-state index is -4.43. The van der Waals surface area contributed by atoms with Crippen LogP contribution in [0.3, 0.4) is 0 Å². The largest absolute Gasteiger partial charge is 0.480 e. The topological polar surface area (TPSA) is 63.3 Å². The number of halogens is 3. The zero-order valence-electron chi connectivity index (χ0n) is 8.38. The van der Waals surface area contributed by atoms with Crippen LogP contribution >= 0.6 is 0 Å². The van der Waals surface area contributed by atoms with Gasteiger partial charge < -0.3 is 10.8 Å². The summed E-state index contributed by atoms with van der Waals surface area (Å²) in [4.78, 5) is 10.6. The van der Waals surface area contributed by atoms with Crippen LogP contribution in [0.1, 0.15) is 22.7 Å². The van der Waals surface area contributed by atoms with Gasteiger partial charge in [-0.2, -0.15) is 13.2 Å². The Morgan fingerprint density at radius 2 is 2.00 bits per heavy atom. The normalized spacial score (nSPS) is 13.6. The molecule has 0 aromatic heterocycles. The van der Waals surface area contributed by atoms with Crippen molar-refractivity contribution in [2.45, 2.75) is 19.1 Å². The Morgan fingerprint density at radius 3 is 2.38 bits per heavy atom. The Hall–Kier alpha value is -1.56. The molecule has 0 saturated carbocycles. The zero-order chi connectivity index (χ0) is 12.5. The Bertz CT molecular complexity index is 415. The van der Waals surface area contributed by atoms with Crippen molar-refractivity contribution >= 4 is 5.97 Å². The van der Waals surface area contributed by atoms with Gasteiger partial charge in [0.2, 0.25) is 0 Å². The standard InChI is InChI=1S/C10H10F3NO2/c1-5-4-6(10(11,12)13)2-3-7(5)8(14)9(15)16/h2-4,8H,14H2,1H3,(H,15,16)/t8-/m1/s1. The van der Waals surface area contributed by atoms with Crippen LogP contribution in [0.4, 0.5) is 13.2 Å². The minimum Gasteiger partial charge on any atom is -0.480 e. The second kappa shape index (κ2) is 4.13. The molecule has 1 rings (SSSR count). The van der Waals surface area contributed by atoms with E-state index in [0.717, 1.165) is 18.2 Å². The Labute approximate surface area is 89.7 Å². The van der Waals surface area contributed by atoms with Crippen LogP contribution in [0.2, 0.25) is 0 Å². The van der Waals surface area contributed by atoms with E-state index >= 15 is 0 Å². The SMILES string of the molecule is Cc1cc(C(F)(F)F)ccc1[C@@H](N)C(=O)O. The highest BCUT2D eigenvalue weighted by molar-refractivity contribution is 5.75. The maximum absolute atomic E-state index is 12.3. The van der Waals surface area contributed by atoms with E-state index in [9.17, 15) is 18.0 Å². The van der Waals surface area contributed by atoms with Crippen LogP contribution < -0.4 is 5.73 Å². The smallest absolute Gasteiger partial charge is 0.416 e. The highest BCUT2D eigenvalue weighted by atomic mass is 19.4. The molecule has 0 spiro atoms. The monoisotopic (exact) mass is 233 g/mol. The van der Waals surface area contributed by atoms with Gasteiger partial charge in [0.1, 0.15) is 6.04 Å². The predicted octanol–water partition coefficient (Wildman–Crippen LogP) is 2.10. The predicted molar refractivity (Wildman–Crippen MR) is 50.7 cm³/mol. The number of carbonyl (C=O) groups is 1. The van der Waals surface area contributed by atoms with Crippen molar-refractivity contribution in [1.29, 1.82) is 0 Å². The van der Waals surface area contributed by atoms with Gasteiger partial charge in [-0.05, 0) is 30.2 Å². The van der Waals surface area contributed by atoms with Gasteiger partial charge in [0, 0.05) is 0 Å². The fourth-order valence-electron chi connectivity index (χ4n) is 1.33. The molecule has 0 saturated heterocycles. The Balaban J connectivity index is 3.15. The fraction of sp³-hybridized carbons (Fsp3) is 0.300. The number of aliphatic carboxylic acids is 1. The lowest BCUT2D eigenvalue weighted by Gasteiger charge is -2.13. The second-order valence-corrected chi connectivity index (χ2v) is 3.39.